The summed E-state index contributed by atoms with van der Waals surface area (Å²) in [4.78, 5) is 62.3. The van der Waals surface area contributed by atoms with Gasteiger partial charge in [-0.15, -0.1) is 0 Å². The molecule has 0 rings (SSSR count). The molecule has 0 aliphatic carbocycles. The summed E-state index contributed by atoms with van der Waals surface area (Å²) in [7, 11) is 0. The van der Waals surface area contributed by atoms with Crippen LogP contribution in [-0.4, -0.2) is 87.9 Å². The highest BCUT2D eigenvalue weighted by Gasteiger charge is 2.46. The number of rotatable bonds is 10. The van der Waals surface area contributed by atoms with Crippen LogP contribution < -0.4 is 0 Å². The SMILES string of the molecule is CC(O)(C(=O)O)C(CC(=O)O)C(=O)O.CC(O)(C(=O)O)C(CC(=O)O)C(=O)O. The van der Waals surface area contributed by atoms with Crippen molar-refractivity contribution in [1.29, 1.82) is 0 Å². The molecule has 0 spiro atoms. The molecule has 0 aliphatic heterocycles. The Kier molecular flexibility index (Phi) is 9.80. The molecule has 14 heteroatoms. The summed E-state index contributed by atoms with van der Waals surface area (Å²) in [6, 6.07) is 0. The van der Waals surface area contributed by atoms with Gasteiger partial charge in [-0.2, -0.15) is 0 Å². The fraction of sp³-hybridized carbons (Fsp3) is 0.571. The molecule has 0 aromatic rings. The molecule has 0 aliphatic rings. The molecule has 8 N–H and O–H groups in total. The first-order valence-electron chi connectivity index (χ1n) is 7.19. The maximum atomic E-state index is 10.5. The second-order valence-electron chi connectivity index (χ2n) is 5.88. The predicted octanol–water partition coefficient (Wildman–Crippen LogP) is -2.00. The molecule has 0 amide bonds. The molecule has 0 aromatic carbocycles. The molecule has 0 bridgehead atoms. The van der Waals surface area contributed by atoms with E-state index in [0.717, 1.165) is 13.8 Å². The lowest BCUT2D eigenvalue weighted by molar-refractivity contribution is -0.174. The van der Waals surface area contributed by atoms with Crippen LogP contribution in [0.15, 0.2) is 0 Å². The van der Waals surface area contributed by atoms with Gasteiger partial charge in [0, 0.05) is 0 Å². The van der Waals surface area contributed by atoms with Gasteiger partial charge in [-0.25, -0.2) is 9.59 Å². The smallest absolute Gasteiger partial charge is 0.336 e. The summed E-state index contributed by atoms with van der Waals surface area (Å²) in [6.07, 6.45) is -1.90. The first-order valence-corrected chi connectivity index (χ1v) is 7.19. The third kappa shape index (κ3) is 7.96. The normalized spacial score (nSPS) is 16.7. The summed E-state index contributed by atoms with van der Waals surface area (Å²) < 4.78 is 0. The lowest BCUT2D eigenvalue weighted by Crippen LogP contribution is -2.47. The highest BCUT2D eigenvalue weighted by molar-refractivity contribution is 5.88. The summed E-state index contributed by atoms with van der Waals surface area (Å²) in [5.74, 6) is -13.6. The molecule has 0 saturated carbocycles. The second kappa shape index (κ2) is 10.2. The largest absolute Gasteiger partial charge is 0.481 e. The van der Waals surface area contributed by atoms with Crippen molar-refractivity contribution in [3.8, 4) is 0 Å². The topological polar surface area (TPSA) is 264 Å². The molecule has 4 unspecified atom stereocenters. The average Bonchev–Trinajstić information content (AvgIpc) is 2.49. The van der Waals surface area contributed by atoms with Crippen molar-refractivity contribution >= 4 is 35.8 Å². The van der Waals surface area contributed by atoms with E-state index in [4.69, 9.17) is 30.6 Å². The number of hydrogen-bond acceptors (Lipinski definition) is 8. The van der Waals surface area contributed by atoms with E-state index in [0.29, 0.717) is 0 Å². The van der Waals surface area contributed by atoms with Gasteiger partial charge in [0.2, 0.25) is 0 Å². The minimum Gasteiger partial charge on any atom is -0.481 e. The molecule has 4 atom stereocenters. The number of aliphatic carboxylic acids is 6. The zero-order valence-corrected chi connectivity index (χ0v) is 14.6. The zero-order valence-electron chi connectivity index (χ0n) is 14.6. The number of carboxylic acid groups (broad SMARTS) is 6. The number of carbonyl (C=O) groups is 6. The Hall–Kier alpha value is -3.26. The van der Waals surface area contributed by atoms with Crippen LogP contribution in [0, 0.1) is 11.8 Å². The maximum absolute atomic E-state index is 10.5. The van der Waals surface area contributed by atoms with Gasteiger partial charge in [0.05, 0.1) is 12.8 Å². The first kappa shape index (κ1) is 27.0. The van der Waals surface area contributed by atoms with Crippen LogP contribution in [0.1, 0.15) is 26.7 Å². The lowest BCUT2D eigenvalue weighted by Gasteiger charge is -2.23. The lowest BCUT2D eigenvalue weighted by atomic mass is 9.86. The Bertz CT molecular complexity index is 590. The van der Waals surface area contributed by atoms with Crippen LogP contribution in [0.5, 0.6) is 0 Å². The van der Waals surface area contributed by atoms with E-state index in [1.54, 1.807) is 0 Å². The minimum absolute atomic E-state index is 0.747. The molecule has 160 valence electrons. The van der Waals surface area contributed by atoms with Gasteiger partial charge in [-0.1, -0.05) is 0 Å². The summed E-state index contributed by atoms with van der Waals surface area (Å²) >= 11 is 0. The number of hydrogen-bond donors (Lipinski definition) is 8. The minimum atomic E-state index is -2.59. The molecule has 0 fully saturated rings. The van der Waals surface area contributed by atoms with Crippen molar-refractivity contribution < 1.29 is 69.6 Å². The summed E-state index contributed by atoms with van der Waals surface area (Å²) in [5.41, 5.74) is -5.19. The molecule has 0 saturated heterocycles. The Morgan fingerprint density at radius 2 is 0.821 bits per heavy atom. The fourth-order valence-electron chi connectivity index (χ4n) is 1.70. The van der Waals surface area contributed by atoms with Gasteiger partial charge in [0.15, 0.2) is 11.2 Å². The maximum Gasteiger partial charge on any atom is 0.336 e. The second-order valence-corrected chi connectivity index (χ2v) is 5.88. The van der Waals surface area contributed by atoms with Crippen LogP contribution in [0.3, 0.4) is 0 Å². The third-order valence-corrected chi connectivity index (χ3v) is 3.58. The molecule has 0 radical (unpaired) electrons. The molecular formula is C14H20O14. The van der Waals surface area contributed by atoms with E-state index in [9.17, 15) is 39.0 Å². The van der Waals surface area contributed by atoms with Crippen LogP contribution >= 0.6 is 0 Å². The molecule has 0 aromatic heterocycles. The Balaban J connectivity index is 0. The molecule has 28 heavy (non-hydrogen) atoms. The van der Waals surface area contributed by atoms with Crippen LogP contribution in [0.25, 0.3) is 0 Å². The average molecular weight is 412 g/mol. The van der Waals surface area contributed by atoms with Gasteiger partial charge in [-0.3, -0.25) is 19.2 Å². The van der Waals surface area contributed by atoms with Crippen molar-refractivity contribution in [2.45, 2.75) is 37.9 Å². The van der Waals surface area contributed by atoms with Gasteiger partial charge in [0.25, 0.3) is 0 Å². The van der Waals surface area contributed by atoms with Crippen molar-refractivity contribution in [2.24, 2.45) is 11.8 Å². The molecular weight excluding hydrogens is 392 g/mol. The fourth-order valence-corrected chi connectivity index (χ4v) is 1.70. The van der Waals surface area contributed by atoms with Gasteiger partial charge < -0.3 is 40.9 Å². The summed E-state index contributed by atoms with van der Waals surface area (Å²) in [5, 5.41) is 69.0. The van der Waals surface area contributed by atoms with E-state index in [2.05, 4.69) is 0 Å². The van der Waals surface area contributed by atoms with E-state index in [-0.39, 0.29) is 0 Å². The summed E-state index contributed by atoms with van der Waals surface area (Å²) in [6.45, 7) is 1.49. The first-order chi connectivity index (χ1) is 12.4. The Morgan fingerprint density at radius 1 is 0.607 bits per heavy atom. The number of aliphatic hydroxyl groups is 2. The molecule has 14 nitrogen and oxygen atoms in total. The highest BCUT2D eigenvalue weighted by atomic mass is 16.4. The third-order valence-electron chi connectivity index (χ3n) is 3.58. The van der Waals surface area contributed by atoms with Crippen molar-refractivity contribution in [2.75, 3.05) is 0 Å². The van der Waals surface area contributed by atoms with Gasteiger partial charge >= 0.3 is 35.8 Å². The standard InChI is InChI=1S/2C7H10O7/c2*1-7(14,6(12)13)3(5(10)11)2-4(8)9/h2*3,14H,2H2,1H3,(H,8,9)(H,10,11)(H,12,13). The van der Waals surface area contributed by atoms with Crippen molar-refractivity contribution in [3.63, 3.8) is 0 Å². The molecule has 0 heterocycles. The van der Waals surface area contributed by atoms with Crippen LogP contribution in [0.2, 0.25) is 0 Å². The van der Waals surface area contributed by atoms with Crippen LogP contribution in [0.4, 0.5) is 0 Å². The Labute approximate surface area is 156 Å². The van der Waals surface area contributed by atoms with Crippen LogP contribution in [-0.2, 0) is 28.8 Å². The van der Waals surface area contributed by atoms with E-state index in [1.807, 2.05) is 0 Å². The van der Waals surface area contributed by atoms with Crippen molar-refractivity contribution in [3.05, 3.63) is 0 Å². The van der Waals surface area contributed by atoms with Crippen molar-refractivity contribution in [1.82, 2.24) is 0 Å². The van der Waals surface area contributed by atoms with E-state index in [1.165, 1.54) is 0 Å². The van der Waals surface area contributed by atoms with E-state index < -0.39 is 71.7 Å². The zero-order chi connectivity index (χ0) is 23.0. The quantitative estimate of drug-likeness (QED) is 0.193. The van der Waals surface area contributed by atoms with Gasteiger partial charge in [0.1, 0.15) is 11.8 Å². The highest BCUT2D eigenvalue weighted by Crippen LogP contribution is 2.22. The number of carboxylic acids is 6. The monoisotopic (exact) mass is 412 g/mol. The van der Waals surface area contributed by atoms with E-state index >= 15 is 0 Å². The Morgan fingerprint density at radius 3 is 0.929 bits per heavy atom. The predicted molar refractivity (Wildman–Crippen MR) is 83.3 cm³/mol. The van der Waals surface area contributed by atoms with Gasteiger partial charge in [-0.05, 0) is 13.8 Å².